The van der Waals surface area contributed by atoms with Crippen LogP contribution in [-0.4, -0.2) is 6.61 Å². The Labute approximate surface area is 102 Å². The van der Waals surface area contributed by atoms with Crippen molar-refractivity contribution >= 4 is 0 Å². The molecule has 0 heterocycles. The minimum absolute atomic E-state index is 0.679. The first-order chi connectivity index (χ1) is 8.28. The molecule has 88 valence electrons. The number of benzene rings is 2. The number of ether oxygens (including phenoxy) is 2. The van der Waals surface area contributed by atoms with E-state index < -0.39 is 0 Å². The van der Waals surface area contributed by atoms with Crippen molar-refractivity contribution in [3.63, 3.8) is 0 Å². The van der Waals surface area contributed by atoms with E-state index >= 15 is 0 Å². The van der Waals surface area contributed by atoms with Gasteiger partial charge in [-0.2, -0.15) is 0 Å². The van der Waals surface area contributed by atoms with Crippen molar-refractivity contribution in [1.82, 2.24) is 0 Å². The predicted octanol–water partition coefficient (Wildman–Crippen LogP) is 4.19. The second-order valence-corrected chi connectivity index (χ2v) is 3.82. The van der Waals surface area contributed by atoms with Crippen molar-refractivity contribution in [1.29, 1.82) is 0 Å². The van der Waals surface area contributed by atoms with Gasteiger partial charge in [-0.3, -0.25) is 0 Å². The lowest BCUT2D eigenvalue weighted by molar-refractivity contribution is 0.339. The molecule has 0 aromatic heterocycles. The van der Waals surface area contributed by atoms with Gasteiger partial charge in [-0.1, -0.05) is 12.1 Å². The minimum Gasteiger partial charge on any atom is -0.494 e. The molecule has 0 saturated carbocycles. The van der Waals surface area contributed by atoms with E-state index in [9.17, 15) is 0 Å². The molecule has 2 aromatic carbocycles. The van der Waals surface area contributed by atoms with Crippen LogP contribution in [0.3, 0.4) is 0 Å². The fourth-order valence-corrected chi connectivity index (χ4v) is 1.59. The van der Waals surface area contributed by atoms with Gasteiger partial charge < -0.3 is 9.47 Å². The molecule has 0 bridgehead atoms. The predicted molar refractivity (Wildman–Crippen MR) is 68.9 cm³/mol. The van der Waals surface area contributed by atoms with E-state index in [1.165, 1.54) is 5.56 Å². The summed E-state index contributed by atoms with van der Waals surface area (Å²) < 4.78 is 11.1. The number of hydrogen-bond donors (Lipinski definition) is 0. The lowest BCUT2D eigenvalue weighted by atomic mass is 10.2. The molecular formula is C15H16O2. The first-order valence-corrected chi connectivity index (χ1v) is 5.75. The second kappa shape index (κ2) is 5.39. The summed E-state index contributed by atoms with van der Waals surface area (Å²) in [6.45, 7) is 4.69. The maximum atomic E-state index is 5.74. The van der Waals surface area contributed by atoms with Gasteiger partial charge in [0, 0.05) is 0 Å². The highest BCUT2D eigenvalue weighted by molar-refractivity contribution is 5.36. The normalized spacial score (nSPS) is 10.0. The standard InChI is InChI=1S/C15H16O2/c1-3-16-13-7-9-14(10-8-13)17-15-6-4-5-12(2)11-15/h4-11H,3H2,1-2H3. The van der Waals surface area contributed by atoms with Gasteiger partial charge >= 0.3 is 0 Å². The molecule has 0 aliphatic heterocycles. The molecule has 0 fully saturated rings. The Hall–Kier alpha value is -1.96. The van der Waals surface area contributed by atoms with Crippen LogP contribution in [-0.2, 0) is 0 Å². The summed E-state index contributed by atoms with van der Waals surface area (Å²) in [7, 11) is 0. The lowest BCUT2D eigenvalue weighted by Crippen LogP contribution is -1.91. The molecule has 2 rings (SSSR count). The molecule has 0 aliphatic rings. The fourth-order valence-electron chi connectivity index (χ4n) is 1.59. The van der Waals surface area contributed by atoms with Gasteiger partial charge in [0.2, 0.25) is 0 Å². The van der Waals surface area contributed by atoms with E-state index in [0.717, 1.165) is 17.2 Å². The number of rotatable bonds is 4. The summed E-state index contributed by atoms with van der Waals surface area (Å²) in [5, 5.41) is 0. The molecule has 0 spiro atoms. The zero-order valence-corrected chi connectivity index (χ0v) is 10.1. The Morgan fingerprint density at radius 1 is 0.882 bits per heavy atom. The Bertz CT molecular complexity index is 475. The van der Waals surface area contributed by atoms with Gasteiger partial charge in [0.05, 0.1) is 6.61 Å². The average Bonchev–Trinajstić information content (AvgIpc) is 2.32. The molecule has 2 nitrogen and oxygen atoms in total. The molecular weight excluding hydrogens is 212 g/mol. The van der Waals surface area contributed by atoms with Crippen LogP contribution in [0.5, 0.6) is 17.2 Å². The van der Waals surface area contributed by atoms with Crippen molar-refractivity contribution in [2.75, 3.05) is 6.61 Å². The third-order valence-corrected chi connectivity index (χ3v) is 2.36. The first-order valence-electron chi connectivity index (χ1n) is 5.75. The van der Waals surface area contributed by atoms with E-state index in [1.54, 1.807) is 0 Å². The van der Waals surface area contributed by atoms with Gasteiger partial charge in [-0.15, -0.1) is 0 Å². The van der Waals surface area contributed by atoms with Crippen molar-refractivity contribution in [3.8, 4) is 17.2 Å². The van der Waals surface area contributed by atoms with Crippen LogP contribution >= 0.6 is 0 Å². The van der Waals surface area contributed by atoms with Crippen LogP contribution < -0.4 is 9.47 Å². The number of hydrogen-bond acceptors (Lipinski definition) is 2. The first kappa shape index (κ1) is 11.5. The maximum absolute atomic E-state index is 5.74. The highest BCUT2D eigenvalue weighted by Crippen LogP contribution is 2.24. The van der Waals surface area contributed by atoms with Crippen molar-refractivity contribution in [2.24, 2.45) is 0 Å². The third-order valence-electron chi connectivity index (χ3n) is 2.36. The summed E-state index contributed by atoms with van der Waals surface area (Å²) >= 11 is 0. The highest BCUT2D eigenvalue weighted by Gasteiger charge is 1.98. The summed E-state index contributed by atoms with van der Waals surface area (Å²) in [5.41, 5.74) is 1.19. The summed E-state index contributed by atoms with van der Waals surface area (Å²) in [6, 6.07) is 15.6. The Morgan fingerprint density at radius 2 is 1.59 bits per heavy atom. The highest BCUT2D eigenvalue weighted by atomic mass is 16.5. The number of aryl methyl sites for hydroxylation is 1. The zero-order chi connectivity index (χ0) is 12.1. The quantitative estimate of drug-likeness (QED) is 0.781. The molecule has 0 saturated heterocycles. The molecule has 0 N–H and O–H groups in total. The van der Waals surface area contributed by atoms with E-state index in [1.807, 2.05) is 62.4 Å². The van der Waals surface area contributed by atoms with Crippen LogP contribution in [0, 0.1) is 6.92 Å². The third kappa shape index (κ3) is 3.25. The summed E-state index contributed by atoms with van der Waals surface area (Å²) in [5.74, 6) is 2.54. The van der Waals surface area contributed by atoms with Gasteiger partial charge in [-0.25, -0.2) is 0 Å². The molecule has 0 atom stereocenters. The van der Waals surface area contributed by atoms with Crippen LogP contribution in [0.4, 0.5) is 0 Å². The molecule has 2 heteroatoms. The van der Waals surface area contributed by atoms with E-state index in [4.69, 9.17) is 9.47 Å². The Morgan fingerprint density at radius 3 is 2.24 bits per heavy atom. The smallest absolute Gasteiger partial charge is 0.127 e. The van der Waals surface area contributed by atoms with Gasteiger partial charge in [0.1, 0.15) is 17.2 Å². The average molecular weight is 228 g/mol. The zero-order valence-electron chi connectivity index (χ0n) is 10.1. The molecule has 0 amide bonds. The van der Waals surface area contributed by atoms with Crippen LogP contribution in [0.2, 0.25) is 0 Å². The second-order valence-electron chi connectivity index (χ2n) is 3.82. The Kier molecular flexibility index (Phi) is 3.66. The van der Waals surface area contributed by atoms with Crippen molar-refractivity contribution < 1.29 is 9.47 Å². The van der Waals surface area contributed by atoms with E-state index in [0.29, 0.717) is 6.61 Å². The molecule has 0 aliphatic carbocycles. The van der Waals surface area contributed by atoms with Gasteiger partial charge in [-0.05, 0) is 55.8 Å². The van der Waals surface area contributed by atoms with Crippen molar-refractivity contribution in [2.45, 2.75) is 13.8 Å². The summed E-state index contributed by atoms with van der Waals surface area (Å²) in [6.07, 6.45) is 0. The SMILES string of the molecule is CCOc1ccc(Oc2cccc(C)c2)cc1. The van der Waals surface area contributed by atoms with Gasteiger partial charge in [0.25, 0.3) is 0 Å². The Balaban J connectivity index is 2.08. The maximum Gasteiger partial charge on any atom is 0.127 e. The monoisotopic (exact) mass is 228 g/mol. The minimum atomic E-state index is 0.679. The van der Waals surface area contributed by atoms with Crippen LogP contribution in [0.15, 0.2) is 48.5 Å². The molecule has 2 aromatic rings. The molecule has 17 heavy (non-hydrogen) atoms. The van der Waals surface area contributed by atoms with E-state index in [2.05, 4.69) is 0 Å². The lowest BCUT2D eigenvalue weighted by Gasteiger charge is -2.07. The molecule has 0 radical (unpaired) electrons. The topological polar surface area (TPSA) is 18.5 Å². The fraction of sp³-hybridized carbons (Fsp3) is 0.200. The molecule has 0 unspecified atom stereocenters. The largest absolute Gasteiger partial charge is 0.494 e. The van der Waals surface area contributed by atoms with E-state index in [-0.39, 0.29) is 0 Å². The van der Waals surface area contributed by atoms with Crippen molar-refractivity contribution in [3.05, 3.63) is 54.1 Å². The van der Waals surface area contributed by atoms with Crippen LogP contribution in [0.25, 0.3) is 0 Å². The van der Waals surface area contributed by atoms with Gasteiger partial charge in [0.15, 0.2) is 0 Å². The van der Waals surface area contributed by atoms with Crippen LogP contribution in [0.1, 0.15) is 12.5 Å². The summed E-state index contributed by atoms with van der Waals surface area (Å²) in [4.78, 5) is 0.